The van der Waals surface area contributed by atoms with Crippen molar-refractivity contribution in [3.05, 3.63) is 35.3 Å². The average molecular weight is 214 g/mol. The lowest BCUT2D eigenvalue weighted by molar-refractivity contribution is 0.523. The SMILES string of the molecule is CCC1CCCc2c1nc1c(C)cccn21. The zero-order valence-electron chi connectivity index (χ0n) is 10.0. The van der Waals surface area contributed by atoms with Gasteiger partial charge in [-0.15, -0.1) is 0 Å². The maximum atomic E-state index is 4.87. The minimum absolute atomic E-state index is 0.683. The Balaban J connectivity index is 2.28. The third-order valence-corrected chi connectivity index (χ3v) is 3.82. The van der Waals surface area contributed by atoms with Crippen molar-refractivity contribution in [3.63, 3.8) is 0 Å². The third kappa shape index (κ3) is 1.29. The van der Waals surface area contributed by atoms with Crippen LogP contribution in [-0.2, 0) is 6.42 Å². The molecule has 1 aliphatic rings. The summed E-state index contributed by atoms with van der Waals surface area (Å²) in [5.41, 5.74) is 5.26. The second-order valence-electron chi connectivity index (χ2n) is 4.83. The summed E-state index contributed by atoms with van der Waals surface area (Å²) in [6.07, 6.45) is 7.19. The lowest BCUT2D eigenvalue weighted by Crippen LogP contribution is -2.09. The van der Waals surface area contributed by atoms with E-state index in [9.17, 15) is 0 Å². The molecule has 2 heterocycles. The number of aryl methyl sites for hydroxylation is 2. The number of hydrogen-bond donors (Lipinski definition) is 0. The first kappa shape index (κ1) is 9.88. The molecule has 0 aromatic carbocycles. The summed E-state index contributed by atoms with van der Waals surface area (Å²) in [7, 11) is 0. The smallest absolute Gasteiger partial charge is 0.140 e. The highest BCUT2D eigenvalue weighted by Crippen LogP contribution is 2.34. The fraction of sp³-hybridized carbons (Fsp3) is 0.500. The second kappa shape index (κ2) is 3.62. The van der Waals surface area contributed by atoms with Gasteiger partial charge >= 0.3 is 0 Å². The second-order valence-corrected chi connectivity index (χ2v) is 4.83. The highest BCUT2D eigenvalue weighted by atomic mass is 15.0. The molecule has 1 atom stereocenters. The summed E-state index contributed by atoms with van der Waals surface area (Å²) in [6.45, 7) is 4.42. The number of aromatic nitrogens is 2. The fourth-order valence-corrected chi connectivity index (χ4v) is 2.90. The van der Waals surface area contributed by atoms with Crippen molar-refractivity contribution in [2.75, 3.05) is 0 Å². The Morgan fingerprint density at radius 3 is 3.19 bits per heavy atom. The number of rotatable bonds is 1. The van der Waals surface area contributed by atoms with E-state index in [1.807, 2.05) is 0 Å². The maximum absolute atomic E-state index is 4.87. The molecule has 0 bridgehead atoms. The molecule has 16 heavy (non-hydrogen) atoms. The van der Waals surface area contributed by atoms with E-state index in [2.05, 4.69) is 36.6 Å². The summed E-state index contributed by atoms with van der Waals surface area (Å²) in [4.78, 5) is 4.87. The molecule has 3 rings (SSSR count). The summed E-state index contributed by atoms with van der Waals surface area (Å²) in [6, 6.07) is 4.27. The molecule has 2 aromatic heterocycles. The Morgan fingerprint density at radius 2 is 2.38 bits per heavy atom. The van der Waals surface area contributed by atoms with Gasteiger partial charge in [0, 0.05) is 17.8 Å². The molecule has 2 nitrogen and oxygen atoms in total. The van der Waals surface area contributed by atoms with Gasteiger partial charge in [-0.1, -0.05) is 13.0 Å². The van der Waals surface area contributed by atoms with Crippen molar-refractivity contribution in [2.24, 2.45) is 0 Å². The van der Waals surface area contributed by atoms with Gasteiger partial charge < -0.3 is 4.40 Å². The van der Waals surface area contributed by atoms with Crippen LogP contribution >= 0.6 is 0 Å². The normalized spacial score (nSPS) is 20.0. The van der Waals surface area contributed by atoms with E-state index < -0.39 is 0 Å². The first-order valence-electron chi connectivity index (χ1n) is 6.27. The van der Waals surface area contributed by atoms with Crippen LogP contribution in [0.1, 0.15) is 49.1 Å². The minimum Gasteiger partial charge on any atom is -0.304 e. The Kier molecular flexibility index (Phi) is 2.23. The van der Waals surface area contributed by atoms with Gasteiger partial charge in [-0.25, -0.2) is 4.98 Å². The summed E-state index contributed by atoms with van der Waals surface area (Å²) in [5, 5.41) is 0. The van der Waals surface area contributed by atoms with Crippen molar-refractivity contribution < 1.29 is 0 Å². The lowest BCUT2D eigenvalue weighted by atomic mass is 9.88. The van der Waals surface area contributed by atoms with Crippen LogP contribution in [0, 0.1) is 6.92 Å². The third-order valence-electron chi connectivity index (χ3n) is 3.82. The first-order chi connectivity index (χ1) is 7.81. The van der Waals surface area contributed by atoms with E-state index in [0.29, 0.717) is 5.92 Å². The molecule has 0 radical (unpaired) electrons. The van der Waals surface area contributed by atoms with Gasteiger partial charge in [0.2, 0.25) is 0 Å². The largest absolute Gasteiger partial charge is 0.304 e. The van der Waals surface area contributed by atoms with Crippen LogP contribution < -0.4 is 0 Å². The maximum Gasteiger partial charge on any atom is 0.140 e. The van der Waals surface area contributed by atoms with Gasteiger partial charge in [-0.2, -0.15) is 0 Å². The molecule has 1 unspecified atom stereocenters. The molecule has 0 amide bonds. The van der Waals surface area contributed by atoms with E-state index >= 15 is 0 Å². The molecular weight excluding hydrogens is 196 g/mol. The minimum atomic E-state index is 0.683. The Bertz CT molecular complexity index is 525. The molecule has 0 spiro atoms. The lowest BCUT2D eigenvalue weighted by Gasteiger charge is -2.19. The molecule has 2 heteroatoms. The molecule has 2 aromatic rings. The highest BCUT2D eigenvalue weighted by Gasteiger charge is 2.24. The number of imidazole rings is 1. The highest BCUT2D eigenvalue weighted by molar-refractivity contribution is 5.51. The Labute approximate surface area is 96.3 Å². The van der Waals surface area contributed by atoms with Crippen molar-refractivity contribution in [2.45, 2.75) is 45.4 Å². The van der Waals surface area contributed by atoms with Gasteiger partial charge in [0.15, 0.2) is 0 Å². The summed E-state index contributed by atoms with van der Waals surface area (Å²) in [5.74, 6) is 0.683. The standard InChI is InChI=1S/C14H18N2/c1-3-11-7-4-8-12-13(11)15-14-10(2)6-5-9-16(12)14/h5-6,9,11H,3-4,7-8H2,1-2H3. The van der Waals surface area contributed by atoms with E-state index in [1.165, 1.54) is 42.6 Å². The van der Waals surface area contributed by atoms with Gasteiger partial charge in [0.25, 0.3) is 0 Å². The molecule has 0 N–H and O–H groups in total. The quantitative estimate of drug-likeness (QED) is 0.710. The van der Waals surface area contributed by atoms with Crippen LogP contribution in [0.5, 0.6) is 0 Å². The molecule has 0 saturated heterocycles. The van der Waals surface area contributed by atoms with Gasteiger partial charge in [0.1, 0.15) is 5.65 Å². The van der Waals surface area contributed by atoms with E-state index in [-0.39, 0.29) is 0 Å². The van der Waals surface area contributed by atoms with Crippen LogP contribution in [0.15, 0.2) is 18.3 Å². The number of pyridine rings is 1. The summed E-state index contributed by atoms with van der Waals surface area (Å²) < 4.78 is 2.30. The van der Waals surface area contributed by atoms with Crippen molar-refractivity contribution >= 4 is 5.65 Å². The number of fused-ring (bicyclic) bond motifs is 3. The topological polar surface area (TPSA) is 17.3 Å². The molecule has 1 aliphatic carbocycles. The number of hydrogen-bond acceptors (Lipinski definition) is 1. The predicted octanol–water partition coefficient (Wildman–Crippen LogP) is 3.47. The molecule has 0 fully saturated rings. The van der Waals surface area contributed by atoms with E-state index in [0.717, 1.165) is 5.65 Å². The van der Waals surface area contributed by atoms with Gasteiger partial charge in [-0.3, -0.25) is 0 Å². The molecule has 0 aliphatic heterocycles. The van der Waals surface area contributed by atoms with E-state index in [1.54, 1.807) is 0 Å². The molecular formula is C14H18N2. The average Bonchev–Trinajstić information content (AvgIpc) is 2.69. The van der Waals surface area contributed by atoms with Crippen molar-refractivity contribution in [3.8, 4) is 0 Å². The molecule has 84 valence electrons. The fourth-order valence-electron chi connectivity index (χ4n) is 2.90. The Hall–Kier alpha value is -1.31. The van der Waals surface area contributed by atoms with Gasteiger partial charge in [0.05, 0.1) is 5.69 Å². The van der Waals surface area contributed by atoms with Gasteiger partial charge in [-0.05, 0) is 44.2 Å². The van der Waals surface area contributed by atoms with Crippen molar-refractivity contribution in [1.82, 2.24) is 9.38 Å². The van der Waals surface area contributed by atoms with Crippen LogP contribution in [0.2, 0.25) is 0 Å². The number of nitrogens with zero attached hydrogens (tertiary/aromatic N) is 2. The van der Waals surface area contributed by atoms with Crippen LogP contribution in [0.4, 0.5) is 0 Å². The zero-order valence-corrected chi connectivity index (χ0v) is 10.0. The van der Waals surface area contributed by atoms with Crippen molar-refractivity contribution in [1.29, 1.82) is 0 Å². The predicted molar refractivity (Wildman–Crippen MR) is 65.9 cm³/mol. The van der Waals surface area contributed by atoms with Crippen LogP contribution in [0.3, 0.4) is 0 Å². The first-order valence-corrected chi connectivity index (χ1v) is 6.27. The van der Waals surface area contributed by atoms with Crippen LogP contribution in [0.25, 0.3) is 5.65 Å². The van der Waals surface area contributed by atoms with Crippen LogP contribution in [-0.4, -0.2) is 9.38 Å². The van der Waals surface area contributed by atoms with E-state index in [4.69, 9.17) is 4.98 Å². The monoisotopic (exact) mass is 214 g/mol. The summed E-state index contributed by atoms with van der Waals surface area (Å²) >= 11 is 0. The zero-order chi connectivity index (χ0) is 11.1. The Morgan fingerprint density at radius 1 is 1.50 bits per heavy atom. The molecule has 0 saturated carbocycles.